The quantitative estimate of drug-likeness (QED) is 0.731. The number of benzene rings is 1. The Balaban J connectivity index is 1.81. The third-order valence-electron chi connectivity index (χ3n) is 3.97. The molecule has 1 aliphatic carbocycles. The minimum absolute atomic E-state index is 0.138. The fraction of sp³-hybridized carbons (Fsp3) is 0.500. The number of rotatable bonds is 4. The molecule has 5 heteroatoms. The Kier molecular flexibility index (Phi) is 4.96. The molecule has 2 rings (SSSR count). The summed E-state index contributed by atoms with van der Waals surface area (Å²) in [5, 5.41) is 15.3. The largest absolute Gasteiger partial charge is 0.388 e. The molecule has 1 aromatic carbocycles. The Morgan fingerprint density at radius 2 is 1.81 bits per heavy atom. The predicted molar refractivity (Wildman–Crippen MR) is 79.4 cm³/mol. The monoisotopic (exact) mass is 290 g/mol. The van der Waals surface area contributed by atoms with Crippen molar-refractivity contribution in [2.24, 2.45) is 0 Å². The van der Waals surface area contributed by atoms with Crippen LogP contribution in [0.3, 0.4) is 0 Å². The lowest BCUT2D eigenvalue weighted by atomic mass is 10.0. The maximum atomic E-state index is 11.8. The van der Waals surface area contributed by atoms with Gasteiger partial charge in [-0.05, 0) is 25.3 Å². The van der Waals surface area contributed by atoms with Crippen molar-refractivity contribution in [3.63, 3.8) is 0 Å². The first-order valence-corrected chi connectivity index (χ1v) is 7.36. The molecule has 5 nitrogen and oxygen atoms in total. The van der Waals surface area contributed by atoms with Gasteiger partial charge in [0.25, 0.3) is 0 Å². The molecular formula is C16H22N2O3. The normalized spacial score (nSPS) is 18.0. The third kappa shape index (κ3) is 4.29. The van der Waals surface area contributed by atoms with E-state index in [9.17, 15) is 14.7 Å². The second-order valence-electron chi connectivity index (χ2n) is 5.72. The predicted octanol–water partition coefficient (Wildman–Crippen LogP) is 1.29. The smallest absolute Gasteiger partial charge is 0.309 e. The van der Waals surface area contributed by atoms with E-state index in [-0.39, 0.29) is 12.6 Å². The summed E-state index contributed by atoms with van der Waals surface area (Å²) in [6, 6.07) is 9.21. The summed E-state index contributed by atoms with van der Waals surface area (Å²) in [6.45, 7) is 1.96. The molecule has 21 heavy (non-hydrogen) atoms. The lowest BCUT2D eigenvalue weighted by Gasteiger charge is -2.22. The Hall–Kier alpha value is -1.88. The topological polar surface area (TPSA) is 78.4 Å². The van der Waals surface area contributed by atoms with E-state index in [2.05, 4.69) is 10.6 Å². The van der Waals surface area contributed by atoms with E-state index in [4.69, 9.17) is 0 Å². The van der Waals surface area contributed by atoms with Crippen LogP contribution in [0.4, 0.5) is 0 Å². The van der Waals surface area contributed by atoms with Crippen LogP contribution in [0.1, 0.15) is 44.2 Å². The highest BCUT2D eigenvalue weighted by molar-refractivity contribution is 6.35. The van der Waals surface area contributed by atoms with Crippen LogP contribution in [-0.4, -0.2) is 29.1 Å². The molecule has 1 aromatic rings. The fourth-order valence-corrected chi connectivity index (χ4v) is 2.62. The average molecular weight is 290 g/mol. The van der Waals surface area contributed by atoms with Crippen LogP contribution >= 0.6 is 0 Å². The van der Waals surface area contributed by atoms with Gasteiger partial charge in [0.05, 0.1) is 11.6 Å². The SMILES string of the molecule is CC(NC(=O)C(=O)NCC1(O)CCCC1)c1ccccc1. The Morgan fingerprint density at radius 1 is 1.19 bits per heavy atom. The van der Waals surface area contributed by atoms with Crippen molar-refractivity contribution in [1.82, 2.24) is 10.6 Å². The fourth-order valence-electron chi connectivity index (χ4n) is 2.62. The molecule has 0 bridgehead atoms. The molecule has 1 saturated carbocycles. The van der Waals surface area contributed by atoms with Crippen molar-refractivity contribution in [1.29, 1.82) is 0 Å². The summed E-state index contributed by atoms with van der Waals surface area (Å²) in [5.74, 6) is -1.37. The van der Waals surface area contributed by atoms with Crippen molar-refractivity contribution < 1.29 is 14.7 Å². The molecule has 1 atom stereocenters. The van der Waals surface area contributed by atoms with Crippen molar-refractivity contribution >= 4 is 11.8 Å². The molecule has 114 valence electrons. The van der Waals surface area contributed by atoms with Crippen LogP contribution in [-0.2, 0) is 9.59 Å². The van der Waals surface area contributed by atoms with Gasteiger partial charge in [-0.3, -0.25) is 9.59 Å². The van der Waals surface area contributed by atoms with Crippen LogP contribution in [0, 0.1) is 0 Å². The summed E-state index contributed by atoms with van der Waals surface area (Å²) in [6.07, 6.45) is 3.28. The molecule has 1 fully saturated rings. The first-order chi connectivity index (χ1) is 10.0. The van der Waals surface area contributed by atoms with Gasteiger partial charge in [-0.2, -0.15) is 0 Å². The van der Waals surface area contributed by atoms with Gasteiger partial charge in [-0.1, -0.05) is 43.2 Å². The second kappa shape index (κ2) is 6.72. The van der Waals surface area contributed by atoms with Crippen LogP contribution in [0.25, 0.3) is 0 Å². The molecule has 0 aliphatic heterocycles. The zero-order chi connectivity index (χ0) is 15.3. The number of amides is 2. The average Bonchev–Trinajstić information content (AvgIpc) is 2.93. The minimum atomic E-state index is -0.846. The highest BCUT2D eigenvalue weighted by atomic mass is 16.3. The number of hydrogen-bond acceptors (Lipinski definition) is 3. The van der Waals surface area contributed by atoms with E-state index in [0.717, 1.165) is 18.4 Å². The Morgan fingerprint density at radius 3 is 2.43 bits per heavy atom. The Labute approximate surface area is 124 Å². The molecular weight excluding hydrogens is 268 g/mol. The Bertz CT molecular complexity index is 496. The minimum Gasteiger partial charge on any atom is -0.388 e. The highest BCUT2D eigenvalue weighted by Gasteiger charge is 2.32. The van der Waals surface area contributed by atoms with Gasteiger partial charge < -0.3 is 15.7 Å². The van der Waals surface area contributed by atoms with Gasteiger partial charge in [0.15, 0.2) is 0 Å². The van der Waals surface area contributed by atoms with Crippen LogP contribution in [0.2, 0.25) is 0 Å². The van der Waals surface area contributed by atoms with Gasteiger partial charge in [-0.15, -0.1) is 0 Å². The van der Waals surface area contributed by atoms with E-state index in [1.54, 1.807) is 0 Å². The highest BCUT2D eigenvalue weighted by Crippen LogP contribution is 2.28. The molecule has 0 heterocycles. The molecule has 0 aromatic heterocycles. The van der Waals surface area contributed by atoms with Gasteiger partial charge >= 0.3 is 11.8 Å². The molecule has 2 amide bonds. The number of aliphatic hydroxyl groups is 1. The van der Waals surface area contributed by atoms with Crippen LogP contribution in [0.5, 0.6) is 0 Å². The van der Waals surface area contributed by atoms with Crippen molar-refractivity contribution in [3.8, 4) is 0 Å². The first kappa shape index (κ1) is 15.5. The molecule has 0 radical (unpaired) electrons. The summed E-state index contributed by atoms with van der Waals surface area (Å²) in [7, 11) is 0. The lowest BCUT2D eigenvalue weighted by molar-refractivity contribution is -0.140. The number of carbonyl (C=O) groups excluding carboxylic acids is 2. The standard InChI is InChI=1S/C16H22N2O3/c1-12(13-7-3-2-4-8-13)18-15(20)14(19)17-11-16(21)9-5-6-10-16/h2-4,7-8,12,21H,5-6,9-11H2,1H3,(H,17,19)(H,18,20). The van der Waals surface area contributed by atoms with E-state index in [0.29, 0.717) is 12.8 Å². The van der Waals surface area contributed by atoms with E-state index >= 15 is 0 Å². The van der Waals surface area contributed by atoms with Gasteiger partial charge in [0.1, 0.15) is 0 Å². The molecule has 0 spiro atoms. The molecule has 1 unspecified atom stereocenters. The van der Waals surface area contributed by atoms with E-state index in [1.807, 2.05) is 37.3 Å². The summed E-state index contributed by atoms with van der Waals surface area (Å²) in [4.78, 5) is 23.6. The zero-order valence-corrected chi connectivity index (χ0v) is 12.3. The van der Waals surface area contributed by atoms with Crippen LogP contribution in [0.15, 0.2) is 30.3 Å². The first-order valence-electron chi connectivity index (χ1n) is 7.36. The van der Waals surface area contributed by atoms with Crippen molar-refractivity contribution in [2.45, 2.75) is 44.2 Å². The van der Waals surface area contributed by atoms with Crippen molar-refractivity contribution in [3.05, 3.63) is 35.9 Å². The van der Waals surface area contributed by atoms with Gasteiger partial charge in [-0.25, -0.2) is 0 Å². The summed E-state index contributed by atoms with van der Waals surface area (Å²) in [5.41, 5.74) is 0.0918. The molecule has 0 saturated heterocycles. The maximum absolute atomic E-state index is 11.8. The third-order valence-corrected chi connectivity index (χ3v) is 3.97. The zero-order valence-electron chi connectivity index (χ0n) is 12.3. The van der Waals surface area contributed by atoms with E-state index < -0.39 is 17.4 Å². The molecule has 3 N–H and O–H groups in total. The van der Waals surface area contributed by atoms with Crippen LogP contribution < -0.4 is 10.6 Å². The molecule has 1 aliphatic rings. The number of nitrogens with one attached hydrogen (secondary N) is 2. The van der Waals surface area contributed by atoms with Crippen molar-refractivity contribution in [2.75, 3.05) is 6.54 Å². The van der Waals surface area contributed by atoms with Gasteiger partial charge in [0, 0.05) is 6.54 Å². The lowest BCUT2D eigenvalue weighted by Crippen LogP contribution is -2.47. The summed E-state index contributed by atoms with van der Waals surface area (Å²) < 4.78 is 0. The second-order valence-corrected chi connectivity index (χ2v) is 5.72. The van der Waals surface area contributed by atoms with Gasteiger partial charge in [0.2, 0.25) is 0 Å². The number of carbonyl (C=O) groups is 2. The number of hydrogen-bond donors (Lipinski definition) is 3. The van der Waals surface area contributed by atoms with E-state index in [1.165, 1.54) is 0 Å². The summed E-state index contributed by atoms with van der Waals surface area (Å²) >= 11 is 0. The maximum Gasteiger partial charge on any atom is 0.309 e.